The third kappa shape index (κ3) is 4.28. The van der Waals surface area contributed by atoms with Gasteiger partial charge in [0.25, 0.3) is 0 Å². The van der Waals surface area contributed by atoms with Crippen LogP contribution in [-0.2, 0) is 9.47 Å². The zero-order valence-electron chi connectivity index (χ0n) is 14.7. The molecule has 2 aliphatic rings. The van der Waals surface area contributed by atoms with Gasteiger partial charge in [0, 0.05) is 50.0 Å². The summed E-state index contributed by atoms with van der Waals surface area (Å²) in [6.07, 6.45) is 1.86. The summed E-state index contributed by atoms with van der Waals surface area (Å²) in [5, 5.41) is 13.4. The topological polar surface area (TPSA) is 54.0 Å². The standard InChI is InChI=1S/C19H30N2O3/c1-16(20-14-19(15-22)6-10-23-11-7-19)17-2-4-18(5-3-17)21-8-12-24-13-9-21/h2-5,16,20,22H,6-15H2,1H3. The monoisotopic (exact) mass is 334 g/mol. The molecule has 134 valence electrons. The number of ether oxygens (including phenoxy) is 2. The number of morpholine rings is 1. The van der Waals surface area contributed by atoms with E-state index in [1.54, 1.807) is 0 Å². The van der Waals surface area contributed by atoms with E-state index in [0.717, 1.165) is 58.9 Å². The Balaban J connectivity index is 1.55. The number of hydrogen-bond acceptors (Lipinski definition) is 5. The predicted octanol–water partition coefficient (Wildman–Crippen LogP) is 1.96. The maximum absolute atomic E-state index is 9.79. The van der Waals surface area contributed by atoms with Crippen LogP contribution in [-0.4, -0.2) is 57.8 Å². The molecule has 1 unspecified atom stereocenters. The second-order valence-corrected chi connectivity index (χ2v) is 7.06. The first-order valence-corrected chi connectivity index (χ1v) is 9.07. The Labute approximate surface area is 144 Å². The van der Waals surface area contributed by atoms with Crippen LogP contribution in [0.2, 0.25) is 0 Å². The molecule has 5 heteroatoms. The van der Waals surface area contributed by atoms with Gasteiger partial charge >= 0.3 is 0 Å². The van der Waals surface area contributed by atoms with Crippen molar-refractivity contribution in [2.45, 2.75) is 25.8 Å². The molecule has 0 aliphatic carbocycles. The SMILES string of the molecule is CC(NCC1(CO)CCOCC1)c1ccc(N2CCOCC2)cc1. The van der Waals surface area contributed by atoms with Gasteiger partial charge in [-0.15, -0.1) is 0 Å². The summed E-state index contributed by atoms with van der Waals surface area (Å²) < 4.78 is 10.8. The lowest BCUT2D eigenvalue weighted by molar-refractivity contribution is -0.0163. The average molecular weight is 334 g/mol. The molecule has 2 heterocycles. The number of aliphatic hydroxyl groups excluding tert-OH is 1. The molecule has 2 aliphatic heterocycles. The van der Waals surface area contributed by atoms with E-state index in [2.05, 4.69) is 41.4 Å². The zero-order chi connectivity index (χ0) is 16.8. The van der Waals surface area contributed by atoms with Gasteiger partial charge in [-0.1, -0.05) is 12.1 Å². The van der Waals surface area contributed by atoms with Gasteiger partial charge in [-0.05, 0) is 37.5 Å². The normalized spacial score (nSPS) is 22.3. The van der Waals surface area contributed by atoms with Crippen LogP contribution in [0.4, 0.5) is 5.69 Å². The fraction of sp³-hybridized carbons (Fsp3) is 0.684. The van der Waals surface area contributed by atoms with Crippen molar-refractivity contribution >= 4 is 5.69 Å². The minimum atomic E-state index is -0.0275. The number of benzene rings is 1. The van der Waals surface area contributed by atoms with Gasteiger partial charge in [0.2, 0.25) is 0 Å². The quantitative estimate of drug-likeness (QED) is 0.833. The van der Waals surface area contributed by atoms with E-state index in [9.17, 15) is 5.11 Å². The minimum absolute atomic E-state index is 0.0275. The van der Waals surface area contributed by atoms with Gasteiger partial charge in [0.1, 0.15) is 0 Å². The molecule has 0 bridgehead atoms. The van der Waals surface area contributed by atoms with Crippen molar-refractivity contribution in [1.29, 1.82) is 0 Å². The van der Waals surface area contributed by atoms with Crippen LogP contribution in [0.5, 0.6) is 0 Å². The fourth-order valence-corrected chi connectivity index (χ4v) is 3.48. The number of nitrogens with one attached hydrogen (secondary N) is 1. The smallest absolute Gasteiger partial charge is 0.0642 e. The molecule has 0 spiro atoms. The van der Waals surface area contributed by atoms with E-state index < -0.39 is 0 Å². The van der Waals surface area contributed by atoms with E-state index in [-0.39, 0.29) is 18.1 Å². The van der Waals surface area contributed by atoms with Crippen molar-refractivity contribution in [3.63, 3.8) is 0 Å². The third-order valence-corrected chi connectivity index (χ3v) is 5.44. The first-order chi connectivity index (χ1) is 11.7. The molecule has 1 atom stereocenters. The summed E-state index contributed by atoms with van der Waals surface area (Å²) in [6, 6.07) is 9.09. The lowest BCUT2D eigenvalue weighted by atomic mass is 9.80. The van der Waals surface area contributed by atoms with Crippen molar-refractivity contribution in [1.82, 2.24) is 5.32 Å². The molecule has 0 aromatic heterocycles. The summed E-state index contributed by atoms with van der Waals surface area (Å²) in [6.45, 7) is 8.32. The first-order valence-electron chi connectivity index (χ1n) is 9.07. The molecule has 3 rings (SSSR count). The third-order valence-electron chi connectivity index (χ3n) is 5.44. The van der Waals surface area contributed by atoms with Crippen molar-refractivity contribution in [2.75, 3.05) is 57.6 Å². The molecule has 0 amide bonds. The lowest BCUT2D eigenvalue weighted by Crippen LogP contribution is -2.42. The van der Waals surface area contributed by atoms with Crippen LogP contribution in [0.25, 0.3) is 0 Å². The summed E-state index contributed by atoms with van der Waals surface area (Å²) >= 11 is 0. The molecule has 0 radical (unpaired) electrons. The molecule has 2 fully saturated rings. The highest BCUT2D eigenvalue weighted by atomic mass is 16.5. The highest BCUT2D eigenvalue weighted by molar-refractivity contribution is 5.48. The number of aliphatic hydroxyl groups is 1. The Morgan fingerprint density at radius 1 is 1.08 bits per heavy atom. The second-order valence-electron chi connectivity index (χ2n) is 7.06. The van der Waals surface area contributed by atoms with Crippen molar-refractivity contribution < 1.29 is 14.6 Å². The molecule has 2 saturated heterocycles. The van der Waals surface area contributed by atoms with Gasteiger partial charge in [-0.25, -0.2) is 0 Å². The number of nitrogens with zero attached hydrogens (tertiary/aromatic N) is 1. The second kappa shape index (κ2) is 8.30. The van der Waals surface area contributed by atoms with Crippen LogP contribution in [0.1, 0.15) is 31.4 Å². The van der Waals surface area contributed by atoms with Crippen LogP contribution < -0.4 is 10.2 Å². The molecular formula is C19H30N2O3. The molecule has 24 heavy (non-hydrogen) atoms. The Morgan fingerprint density at radius 2 is 1.71 bits per heavy atom. The fourth-order valence-electron chi connectivity index (χ4n) is 3.48. The molecule has 2 N–H and O–H groups in total. The number of rotatable bonds is 6. The predicted molar refractivity (Wildman–Crippen MR) is 95.5 cm³/mol. The van der Waals surface area contributed by atoms with Crippen LogP contribution >= 0.6 is 0 Å². The van der Waals surface area contributed by atoms with Crippen LogP contribution in [0.15, 0.2) is 24.3 Å². The van der Waals surface area contributed by atoms with Gasteiger partial charge in [0.15, 0.2) is 0 Å². The Hall–Kier alpha value is -1.14. The van der Waals surface area contributed by atoms with Crippen molar-refractivity contribution in [3.05, 3.63) is 29.8 Å². The largest absolute Gasteiger partial charge is 0.396 e. The van der Waals surface area contributed by atoms with Gasteiger partial charge in [-0.2, -0.15) is 0 Å². The molecular weight excluding hydrogens is 304 g/mol. The average Bonchev–Trinajstić information content (AvgIpc) is 2.68. The highest BCUT2D eigenvalue weighted by Crippen LogP contribution is 2.30. The Morgan fingerprint density at radius 3 is 2.33 bits per heavy atom. The molecule has 5 nitrogen and oxygen atoms in total. The van der Waals surface area contributed by atoms with Crippen LogP contribution in [0.3, 0.4) is 0 Å². The summed E-state index contributed by atoms with van der Waals surface area (Å²) in [5.74, 6) is 0. The molecule has 0 saturated carbocycles. The van der Waals surface area contributed by atoms with E-state index >= 15 is 0 Å². The van der Waals surface area contributed by atoms with E-state index in [0.29, 0.717) is 0 Å². The van der Waals surface area contributed by atoms with E-state index in [1.165, 1.54) is 11.3 Å². The number of hydrogen-bond donors (Lipinski definition) is 2. The van der Waals surface area contributed by atoms with E-state index in [1.807, 2.05) is 0 Å². The maximum Gasteiger partial charge on any atom is 0.0642 e. The zero-order valence-corrected chi connectivity index (χ0v) is 14.7. The van der Waals surface area contributed by atoms with Gasteiger partial charge in [-0.3, -0.25) is 0 Å². The Bertz CT molecular complexity index is 494. The van der Waals surface area contributed by atoms with Gasteiger partial charge in [0.05, 0.1) is 19.8 Å². The lowest BCUT2D eigenvalue weighted by Gasteiger charge is -2.36. The highest BCUT2D eigenvalue weighted by Gasteiger charge is 2.32. The molecule has 1 aromatic rings. The first kappa shape index (κ1) is 17.7. The minimum Gasteiger partial charge on any atom is -0.396 e. The molecule has 1 aromatic carbocycles. The van der Waals surface area contributed by atoms with E-state index in [4.69, 9.17) is 9.47 Å². The van der Waals surface area contributed by atoms with Crippen molar-refractivity contribution in [3.8, 4) is 0 Å². The number of anilines is 1. The summed E-state index contributed by atoms with van der Waals surface area (Å²) in [7, 11) is 0. The summed E-state index contributed by atoms with van der Waals surface area (Å²) in [4.78, 5) is 2.37. The van der Waals surface area contributed by atoms with Gasteiger partial charge < -0.3 is 24.8 Å². The maximum atomic E-state index is 9.79. The Kier molecular flexibility index (Phi) is 6.11. The van der Waals surface area contributed by atoms with Crippen molar-refractivity contribution in [2.24, 2.45) is 5.41 Å². The van der Waals surface area contributed by atoms with Crippen LogP contribution in [0, 0.1) is 5.41 Å². The summed E-state index contributed by atoms with van der Waals surface area (Å²) in [5.41, 5.74) is 2.53.